The van der Waals surface area contributed by atoms with E-state index in [-0.39, 0.29) is 64.6 Å². The molecule has 0 bridgehead atoms. The van der Waals surface area contributed by atoms with Crippen molar-refractivity contribution in [1.29, 1.82) is 1.45 Å². The van der Waals surface area contributed by atoms with Gasteiger partial charge in [0.05, 0.1) is 14.8 Å². The van der Waals surface area contributed by atoms with Crippen LogP contribution >= 0.6 is 17.9 Å². The molecular weight excluding hydrogens is 372 g/mol. The van der Waals surface area contributed by atoms with Crippen LogP contribution in [0.25, 0.3) is 0 Å². The second-order valence-corrected chi connectivity index (χ2v) is 0.637. The lowest BCUT2D eigenvalue weighted by Crippen LogP contribution is -2.16. The summed E-state index contributed by atoms with van der Waals surface area (Å²) in [5.74, 6) is 0. The molecule has 0 heterocycles. The minimum atomic E-state index is -1.46. The van der Waals surface area contributed by atoms with Crippen LogP contribution in [0.4, 0.5) is 51.4 Å². The van der Waals surface area contributed by atoms with Crippen molar-refractivity contribution >= 4 is 62.6 Å². The number of halogens is 11. The highest BCUT2D eigenvalue weighted by molar-refractivity contribution is 7.92. The SMILES string of the molecule is C.C.C.F.F.F.F.F.F.F.F.F.PP.[2H]F.[2H][2H].[B][B].[B][B]B([B])F. The van der Waals surface area contributed by atoms with Crippen LogP contribution in [0.5, 0.6) is 0 Å². The molecule has 0 fully saturated rings. The van der Waals surface area contributed by atoms with E-state index in [0.717, 1.165) is 7.06 Å². The van der Waals surface area contributed by atoms with E-state index in [1.54, 1.807) is 0 Å². The maximum Gasteiger partial charge on any atom is 0.269 e. The lowest BCUT2D eigenvalue weighted by atomic mass is 9.16. The van der Waals surface area contributed by atoms with Crippen molar-refractivity contribution in [2.24, 2.45) is 0 Å². The van der Waals surface area contributed by atoms with Gasteiger partial charge in [-0.1, -0.05) is 22.3 Å². The Kier molecular flexibility index (Phi) is 2940. The summed E-state index contributed by atoms with van der Waals surface area (Å²) in [5, 5.41) is 0. The first-order valence-corrected chi connectivity index (χ1v) is 4.55. The third kappa shape index (κ3) is 1260. The van der Waals surface area contributed by atoms with E-state index in [9.17, 15) is 4.32 Å². The van der Waals surface area contributed by atoms with Gasteiger partial charge < -0.3 is 4.32 Å². The van der Waals surface area contributed by atoms with Gasteiger partial charge in [-0.15, -0.1) is 17.9 Å². The zero-order valence-corrected chi connectivity index (χ0v) is 11.4. The molecule has 9 radical (unpaired) electrons. The second kappa shape index (κ2) is 449. The van der Waals surface area contributed by atoms with Gasteiger partial charge in [0.2, 0.25) is 6.77 Å². The lowest BCUT2D eigenvalue weighted by Gasteiger charge is -1.78. The van der Waals surface area contributed by atoms with Crippen molar-refractivity contribution in [2.75, 3.05) is 0 Å². The van der Waals surface area contributed by atoms with Gasteiger partial charge in [0, 0.05) is 26.2 Å². The Labute approximate surface area is 142 Å². The van der Waals surface area contributed by atoms with Gasteiger partial charge in [0.15, 0.2) is 0 Å². The predicted molar refractivity (Wildman–Crippen MR) is 102 cm³/mol. The highest BCUT2D eigenvalue weighted by atomic mass is 32.0. The molecule has 0 spiro atoms. The van der Waals surface area contributed by atoms with Crippen molar-refractivity contribution in [1.82, 2.24) is 0 Å². The van der Waals surface area contributed by atoms with E-state index < -0.39 is 6.77 Å². The molecule has 0 aliphatic carbocycles. The topological polar surface area (TPSA) is 0 Å². The van der Waals surface area contributed by atoms with E-state index in [0.29, 0.717) is 0 Å². The highest BCUT2D eigenvalue weighted by Gasteiger charge is 1.94. The van der Waals surface area contributed by atoms with Crippen LogP contribution in [-0.2, 0) is 0 Å². The summed E-state index contributed by atoms with van der Waals surface area (Å²) in [7, 11) is 22.4. The number of hydrogen-bond donors (Lipinski definition) is 0. The van der Waals surface area contributed by atoms with Crippen LogP contribution < -0.4 is 0 Å². The molecule has 0 saturated carbocycles. The van der Waals surface area contributed by atoms with Gasteiger partial charge in [-0.2, -0.15) is 0 Å². The molecular formula is C3H28B6F11P2. The van der Waals surface area contributed by atoms with E-state index in [4.69, 9.17) is 7.69 Å². The molecule has 22 heavy (non-hydrogen) atoms. The quantitative estimate of drug-likeness (QED) is 0.359. The molecule has 0 saturated heterocycles. The Morgan fingerprint density at radius 2 is 0.864 bits per heavy atom. The summed E-state index contributed by atoms with van der Waals surface area (Å²) in [5.41, 5.74) is 0. The Morgan fingerprint density at radius 1 is 0.818 bits per heavy atom. The summed E-state index contributed by atoms with van der Waals surface area (Å²) in [6.07, 6.45) is 0. The fourth-order valence-corrected chi connectivity index (χ4v) is 0. The number of rotatable bonds is 1. The first kappa shape index (κ1) is 144. The third-order valence-corrected chi connectivity index (χ3v) is 0.184. The molecule has 0 nitrogen and oxygen atoms in total. The largest absolute Gasteiger partial charge is 0.361 e. The Hall–Kier alpha value is 0.480. The van der Waals surface area contributed by atoms with Crippen LogP contribution in [0.2, 0.25) is 0 Å². The summed E-state index contributed by atoms with van der Waals surface area (Å²) in [6, 6.07) is 0. The maximum absolute atomic E-state index is 11.0. The fraction of sp³-hybridized carbons (Fsp3) is 1.00. The third-order valence-electron chi connectivity index (χ3n) is 0.184. The van der Waals surface area contributed by atoms with Gasteiger partial charge in [0.25, 0.3) is 1.45 Å². The molecule has 0 rings (SSSR count). The van der Waals surface area contributed by atoms with Gasteiger partial charge in [-0.05, 0) is 0 Å². The first-order chi connectivity index (χ1) is 6.27. The van der Waals surface area contributed by atoms with E-state index in [1.165, 1.54) is 0 Å². The molecule has 0 N–H and O–H groups in total. The molecule has 0 aliphatic rings. The molecule has 0 amide bonds. The highest BCUT2D eigenvalue weighted by Crippen LogP contribution is 1.86. The fourth-order valence-electron chi connectivity index (χ4n) is 0. The maximum atomic E-state index is 11.0. The molecule has 0 aromatic heterocycles. The minimum Gasteiger partial charge on any atom is -0.361 e. The van der Waals surface area contributed by atoms with Crippen molar-refractivity contribution in [3.8, 4) is 0 Å². The summed E-state index contributed by atoms with van der Waals surface area (Å²) < 4.78 is 34.0. The molecule has 145 valence electrons. The zero-order valence-electron chi connectivity index (χ0n) is 12.0. The Balaban J connectivity index is -0.00000000199. The summed E-state index contributed by atoms with van der Waals surface area (Å²) in [6.45, 7) is -1.46. The van der Waals surface area contributed by atoms with Crippen molar-refractivity contribution in [3.63, 3.8) is 0 Å². The van der Waals surface area contributed by atoms with Crippen molar-refractivity contribution < 1.29 is 54.3 Å². The summed E-state index contributed by atoms with van der Waals surface area (Å²) in [4.78, 5) is 0. The predicted octanol–water partition coefficient (Wildman–Crippen LogP) is 2.47. The standard InChI is InChI=1S/3CH4.B4F.B2.10FH.H4P2.H2/c;;;1-3-4(2)5;1-2;;;;;;;;;;;1-2;/h3*1H4;;;10*1H;1-2H2;1H/i;;;;;;;;;;;;;;;;1+1D/hD. The van der Waals surface area contributed by atoms with Gasteiger partial charge in [-0.25, -0.2) is 0 Å². The first-order valence-electron chi connectivity index (χ1n) is 3.26. The Bertz CT molecular complexity index is 65.0. The van der Waals surface area contributed by atoms with Crippen LogP contribution in [0.1, 0.15) is 25.2 Å². The lowest BCUT2D eigenvalue weighted by molar-refractivity contribution is 0.883. The van der Waals surface area contributed by atoms with Crippen LogP contribution in [0.15, 0.2) is 0 Å². The van der Waals surface area contributed by atoms with E-state index in [1.807, 2.05) is 0 Å². The monoisotopic (exact) mass is 404 g/mol. The van der Waals surface area contributed by atoms with Gasteiger partial charge in [0.1, 0.15) is 0 Å². The molecule has 2 atom stereocenters. The molecule has 19 heteroatoms. The van der Waals surface area contributed by atoms with E-state index in [2.05, 4.69) is 50.3 Å². The average molecular weight is 403 g/mol. The summed E-state index contributed by atoms with van der Waals surface area (Å²) >= 11 is 0. The van der Waals surface area contributed by atoms with Crippen molar-refractivity contribution in [2.45, 2.75) is 22.3 Å². The van der Waals surface area contributed by atoms with Crippen molar-refractivity contribution in [3.05, 3.63) is 0 Å². The normalized spacial score (nSPS) is 2.64. The molecule has 0 aliphatic heterocycles. The molecule has 0 aromatic carbocycles. The minimum absolute atomic E-state index is 0. The number of hydrogen-bond acceptors (Lipinski definition) is 0. The Morgan fingerprint density at radius 3 is 0.864 bits per heavy atom. The average Bonchev–Trinajstić information content (AvgIpc) is 2.29. The van der Waals surface area contributed by atoms with E-state index >= 15 is 0 Å². The molecule has 2 unspecified atom stereocenters. The van der Waals surface area contributed by atoms with Gasteiger partial charge >= 0.3 is 0 Å². The van der Waals surface area contributed by atoms with Crippen LogP contribution in [0.3, 0.4) is 0 Å². The van der Waals surface area contributed by atoms with Crippen LogP contribution in [0, 0.1) is 0 Å². The second-order valence-electron chi connectivity index (χ2n) is 0.637. The van der Waals surface area contributed by atoms with Crippen LogP contribution in [-0.4, -0.2) is 46.2 Å². The molecule has 0 aromatic rings. The van der Waals surface area contributed by atoms with Gasteiger partial charge in [-0.3, -0.25) is 47.1 Å². The smallest absolute Gasteiger partial charge is 0.269 e. The zero-order chi connectivity index (χ0) is 12.3.